The highest BCUT2D eigenvalue weighted by Crippen LogP contribution is 2.41. The molecule has 64 valence electrons. The molecule has 3 nitrogen and oxygen atoms in total. The summed E-state index contributed by atoms with van der Waals surface area (Å²) in [5, 5.41) is 0. The van der Waals surface area contributed by atoms with Crippen molar-refractivity contribution >= 4 is 46.7 Å². The molecule has 12 heavy (non-hydrogen) atoms. The summed E-state index contributed by atoms with van der Waals surface area (Å²) in [4.78, 5) is 0. The van der Waals surface area contributed by atoms with Gasteiger partial charge in [-0.05, 0) is 16.8 Å². The molecule has 0 saturated carbocycles. The third kappa shape index (κ3) is 1.02. The Morgan fingerprint density at radius 3 is 1.67 bits per heavy atom. The zero-order chi connectivity index (χ0) is 8.72. The summed E-state index contributed by atoms with van der Waals surface area (Å²) in [5.41, 5.74) is 1.51. The van der Waals surface area contributed by atoms with Crippen LogP contribution in [0.4, 0.5) is 11.4 Å². The molecular weight excluding hydrogens is 220 g/mol. The second-order valence-corrected chi connectivity index (χ2v) is 3.19. The number of hydrazine groups is 2. The number of hydrogen-bond donors (Lipinski definition) is 0. The van der Waals surface area contributed by atoms with Crippen molar-refractivity contribution in [1.82, 2.24) is 4.64 Å². The van der Waals surface area contributed by atoms with Crippen LogP contribution in [0.15, 0.2) is 24.3 Å². The van der Waals surface area contributed by atoms with Crippen LogP contribution in [0, 0.1) is 0 Å². The molecule has 1 aromatic rings. The van der Waals surface area contributed by atoms with Gasteiger partial charge in [0.25, 0.3) is 0 Å². The van der Waals surface area contributed by atoms with Gasteiger partial charge in [-0.2, -0.15) is 9.06 Å². The average Bonchev–Trinajstić information content (AvgIpc) is 2.33. The molecule has 0 spiro atoms. The summed E-state index contributed by atoms with van der Waals surface area (Å²) < 4.78 is 3.53. The lowest BCUT2D eigenvalue weighted by atomic mass is 10.3. The molecule has 0 aliphatic carbocycles. The van der Waals surface area contributed by atoms with Crippen LogP contribution in [0.2, 0.25) is 0 Å². The predicted molar refractivity (Wildman–Crippen MR) is 50.8 cm³/mol. The van der Waals surface area contributed by atoms with Crippen molar-refractivity contribution in [2.45, 2.75) is 0 Å². The van der Waals surface area contributed by atoms with Crippen molar-refractivity contribution in [3.8, 4) is 0 Å². The van der Waals surface area contributed by atoms with Gasteiger partial charge in [-0.1, -0.05) is 12.1 Å². The van der Waals surface area contributed by atoms with Crippen LogP contribution in [-0.4, -0.2) is 4.64 Å². The first-order valence-electron chi connectivity index (χ1n) is 3.18. The van der Waals surface area contributed by atoms with E-state index < -0.39 is 0 Å². The average molecular weight is 224 g/mol. The molecule has 0 bridgehead atoms. The fraction of sp³-hybridized carbons (Fsp3) is 0. The maximum atomic E-state index is 5.79. The highest BCUT2D eigenvalue weighted by atomic mass is 35.5. The maximum Gasteiger partial charge on any atom is 0.100 e. The Bertz CT molecular complexity index is 277. The largest absolute Gasteiger partial charge is 0.178 e. The van der Waals surface area contributed by atoms with Crippen LogP contribution in [-0.2, 0) is 0 Å². The number of fused-ring (bicyclic) bond motifs is 1. The van der Waals surface area contributed by atoms with E-state index in [0.717, 1.165) is 16.0 Å². The van der Waals surface area contributed by atoms with Gasteiger partial charge in [0, 0.05) is 35.3 Å². The summed E-state index contributed by atoms with van der Waals surface area (Å²) >= 11 is 17.3. The van der Waals surface area contributed by atoms with E-state index >= 15 is 0 Å². The van der Waals surface area contributed by atoms with E-state index in [1.165, 1.54) is 9.06 Å². The number of rotatable bonds is 0. The molecule has 2 rings (SSSR count). The van der Waals surface area contributed by atoms with E-state index in [1.54, 1.807) is 0 Å². The zero-order valence-corrected chi connectivity index (χ0v) is 8.05. The van der Waals surface area contributed by atoms with E-state index in [2.05, 4.69) is 0 Å². The minimum absolute atomic E-state index is 0.754. The Kier molecular flexibility index (Phi) is 1.96. The molecule has 1 aromatic carbocycles. The smallest absolute Gasteiger partial charge is 0.100 e. The van der Waals surface area contributed by atoms with Crippen molar-refractivity contribution in [2.24, 2.45) is 0 Å². The lowest BCUT2D eigenvalue weighted by molar-refractivity contribution is 0.557. The molecular formula is C6H4Cl3N3. The van der Waals surface area contributed by atoms with Crippen LogP contribution in [0.5, 0.6) is 0 Å². The van der Waals surface area contributed by atoms with Gasteiger partial charge in [0.2, 0.25) is 0 Å². The molecule has 0 fully saturated rings. The van der Waals surface area contributed by atoms with Crippen LogP contribution in [0.1, 0.15) is 0 Å². The Morgan fingerprint density at radius 1 is 0.833 bits per heavy atom. The van der Waals surface area contributed by atoms with Gasteiger partial charge >= 0.3 is 0 Å². The predicted octanol–water partition coefficient (Wildman–Crippen LogP) is 2.91. The first-order chi connectivity index (χ1) is 5.72. The molecule has 1 heterocycles. The zero-order valence-electron chi connectivity index (χ0n) is 5.78. The van der Waals surface area contributed by atoms with Gasteiger partial charge < -0.3 is 0 Å². The molecule has 1 aliphatic heterocycles. The van der Waals surface area contributed by atoms with E-state index in [1.807, 2.05) is 24.3 Å². The van der Waals surface area contributed by atoms with E-state index in [9.17, 15) is 0 Å². The standard InChI is InChI=1S/C6H4Cl3N3/c7-10-5-3-1-2-4-6(5)11(8)12(10)9/h1-4H. The fourth-order valence-electron chi connectivity index (χ4n) is 1.02. The number of hydrogen-bond acceptors (Lipinski definition) is 3. The van der Waals surface area contributed by atoms with Crippen molar-refractivity contribution in [2.75, 3.05) is 9.06 Å². The summed E-state index contributed by atoms with van der Waals surface area (Å²) in [6, 6.07) is 7.35. The highest BCUT2D eigenvalue weighted by molar-refractivity contribution is 6.37. The first-order valence-corrected chi connectivity index (χ1v) is 4.20. The highest BCUT2D eigenvalue weighted by Gasteiger charge is 2.31. The van der Waals surface area contributed by atoms with Crippen LogP contribution in [0.25, 0.3) is 0 Å². The van der Waals surface area contributed by atoms with Crippen molar-refractivity contribution in [3.63, 3.8) is 0 Å². The van der Waals surface area contributed by atoms with Crippen LogP contribution >= 0.6 is 35.3 Å². The van der Waals surface area contributed by atoms with Gasteiger partial charge in [0.15, 0.2) is 0 Å². The van der Waals surface area contributed by atoms with Gasteiger partial charge in [-0.25, -0.2) is 0 Å². The second-order valence-electron chi connectivity index (χ2n) is 2.25. The molecule has 1 aliphatic rings. The molecule has 0 aromatic heterocycles. The second kappa shape index (κ2) is 2.85. The number of para-hydroxylation sites is 2. The molecule has 0 radical (unpaired) electrons. The number of nitrogens with zero attached hydrogens (tertiary/aromatic N) is 3. The maximum absolute atomic E-state index is 5.79. The Balaban J connectivity index is 2.52. The van der Waals surface area contributed by atoms with Crippen molar-refractivity contribution < 1.29 is 0 Å². The molecule has 6 heteroatoms. The third-order valence-corrected chi connectivity index (χ3v) is 2.68. The summed E-state index contributed by atoms with van der Waals surface area (Å²) in [6.07, 6.45) is 0. The van der Waals surface area contributed by atoms with Crippen molar-refractivity contribution in [1.29, 1.82) is 0 Å². The van der Waals surface area contributed by atoms with Crippen molar-refractivity contribution in [3.05, 3.63) is 24.3 Å². The lowest BCUT2D eigenvalue weighted by Crippen LogP contribution is -2.30. The van der Waals surface area contributed by atoms with E-state index in [4.69, 9.17) is 35.3 Å². The molecule has 0 saturated heterocycles. The normalized spacial score (nSPS) is 16.9. The number of halogens is 3. The molecule has 0 atom stereocenters. The van der Waals surface area contributed by atoms with Gasteiger partial charge in [-0.15, -0.1) is 0 Å². The summed E-state index contributed by atoms with van der Waals surface area (Å²) in [5.74, 6) is 0. The fourth-order valence-corrected chi connectivity index (χ4v) is 1.64. The summed E-state index contributed by atoms with van der Waals surface area (Å²) in [6.45, 7) is 0. The molecule has 0 amide bonds. The van der Waals surface area contributed by atoms with Gasteiger partial charge in [0.05, 0.1) is 0 Å². The lowest BCUT2D eigenvalue weighted by Gasteiger charge is -2.17. The first kappa shape index (κ1) is 8.26. The van der Waals surface area contributed by atoms with E-state index in [0.29, 0.717) is 0 Å². The topological polar surface area (TPSA) is 9.72 Å². The SMILES string of the molecule is ClN1c2ccccc2N(Cl)N1Cl. The molecule has 0 unspecified atom stereocenters. The Hall–Kier alpha value is -0.350. The Morgan fingerprint density at radius 2 is 1.25 bits per heavy atom. The third-order valence-electron chi connectivity index (χ3n) is 1.57. The minimum atomic E-state index is 0.754. The van der Waals surface area contributed by atoms with Gasteiger partial charge in [0.1, 0.15) is 11.4 Å². The summed E-state index contributed by atoms with van der Waals surface area (Å²) in [7, 11) is 0. The monoisotopic (exact) mass is 223 g/mol. The Labute approximate surface area is 84.9 Å². The van der Waals surface area contributed by atoms with Crippen LogP contribution < -0.4 is 9.06 Å². The minimum Gasteiger partial charge on any atom is -0.178 e. The molecule has 0 N–H and O–H groups in total. The number of anilines is 2. The number of benzene rings is 1. The van der Waals surface area contributed by atoms with Crippen LogP contribution in [0.3, 0.4) is 0 Å². The van der Waals surface area contributed by atoms with Gasteiger partial charge in [-0.3, -0.25) is 0 Å². The quantitative estimate of drug-likeness (QED) is 0.628. The van der Waals surface area contributed by atoms with E-state index in [-0.39, 0.29) is 0 Å².